The number of rotatable bonds is 4. The minimum atomic E-state index is 0.803. The molecule has 0 aliphatic carbocycles. The van der Waals surface area contributed by atoms with Gasteiger partial charge in [0.05, 0.1) is 13.7 Å². The molecule has 4 heteroatoms. The highest BCUT2D eigenvalue weighted by atomic mass is 32.1. The van der Waals surface area contributed by atoms with Gasteiger partial charge in [0.2, 0.25) is 0 Å². The largest absolute Gasteiger partial charge is 0.497 e. The highest BCUT2D eigenvalue weighted by Gasteiger charge is 2.05. The zero-order valence-corrected chi connectivity index (χ0v) is 13.3. The van der Waals surface area contributed by atoms with Crippen LogP contribution in [0.5, 0.6) is 5.75 Å². The van der Waals surface area contributed by atoms with E-state index in [0.29, 0.717) is 0 Å². The lowest BCUT2D eigenvalue weighted by Gasteiger charge is -2.09. The van der Waals surface area contributed by atoms with Crippen LogP contribution in [0.2, 0.25) is 0 Å². The van der Waals surface area contributed by atoms with Gasteiger partial charge < -0.3 is 10.1 Å². The highest BCUT2D eigenvalue weighted by Crippen LogP contribution is 2.27. The van der Waals surface area contributed by atoms with Crippen LogP contribution in [-0.4, -0.2) is 12.1 Å². The molecule has 0 saturated carbocycles. The first kappa shape index (κ1) is 13.9. The number of nitrogens with zero attached hydrogens (tertiary/aromatic N) is 1. The molecule has 0 aliphatic rings. The van der Waals surface area contributed by atoms with E-state index in [4.69, 9.17) is 4.74 Å². The molecular formula is C17H18N2OS. The monoisotopic (exact) mass is 298 g/mol. The molecule has 0 atom stereocenters. The molecule has 3 aromatic rings. The molecule has 0 radical (unpaired) electrons. The Balaban J connectivity index is 1.86. The second-order valence-corrected chi connectivity index (χ2v) is 6.39. The van der Waals surface area contributed by atoms with Crippen LogP contribution in [0.4, 0.5) is 5.82 Å². The van der Waals surface area contributed by atoms with Crippen LogP contribution < -0.4 is 10.1 Å². The van der Waals surface area contributed by atoms with Crippen LogP contribution in [0, 0.1) is 13.8 Å². The predicted octanol–water partition coefficient (Wildman–Crippen LogP) is 4.53. The van der Waals surface area contributed by atoms with Gasteiger partial charge in [0.15, 0.2) is 0 Å². The molecule has 1 aromatic carbocycles. The van der Waals surface area contributed by atoms with E-state index >= 15 is 0 Å². The van der Waals surface area contributed by atoms with Crippen molar-refractivity contribution in [3.8, 4) is 5.75 Å². The van der Waals surface area contributed by atoms with Gasteiger partial charge in [-0.25, -0.2) is 4.98 Å². The van der Waals surface area contributed by atoms with Crippen molar-refractivity contribution in [2.75, 3.05) is 12.4 Å². The summed E-state index contributed by atoms with van der Waals surface area (Å²) in [5.74, 6) is 1.78. The molecule has 0 fully saturated rings. The van der Waals surface area contributed by atoms with Crippen LogP contribution in [-0.2, 0) is 6.54 Å². The van der Waals surface area contributed by atoms with Gasteiger partial charge in [-0.3, -0.25) is 0 Å². The first-order valence-corrected chi connectivity index (χ1v) is 7.71. The van der Waals surface area contributed by atoms with Crippen molar-refractivity contribution in [1.29, 1.82) is 0 Å². The molecule has 0 unspecified atom stereocenters. The molecule has 0 aliphatic heterocycles. The third-order valence-electron chi connectivity index (χ3n) is 3.62. The zero-order valence-electron chi connectivity index (χ0n) is 12.4. The van der Waals surface area contributed by atoms with E-state index in [0.717, 1.165) is 28.9 Å². The Labute approximate surface area is 128 Å². The van der Waals surface area contributed by atoms with Gasteiger partial charge in [-0.2, -0.15) is 0 Å². The summed E-state index contributed by atoms with van der Waals surface area (Å²) in [6.07, 6.45) is 1.83. The maximum atomic E-state index is 5.27. The SMILES string of the molecule is COc1ccc2c(NCc3cc(C)c(C)s3)nccc2c1. The van der Waals surface area contributed by atoms with Gasteiger partial charge >= 0.3 is 0 Å². The number of aromatic nitrogens is 1. The molecule has 1 N–H and O–H groups in total. The quantitative estimate of drug-likeness (QED) is 0.768. The molecule has 2 aromatic heterocycles. The molecule has 0 bridgehead atoms. The molecule has 3 nitrogen and oxygen atoms in total. The molecule has 0 amide bonds. The van der Waals surface area contributed by atoms with Gasteiger partial charge in [0, 0.05) is 21.3 Å². The zero-order chi connectivity index (χ0) is 14.8. The summed E-state index contributed by atoms with van der Waals surface area (Å²) in [6.45, 7) is 5.11. The average Bonchev–Trinajstić information content (AvgIpc) is 2.83. The van der Waals surface area contributed by atoms with Crippen LogP contribution in [0.15, 0.2) is 36.5 Å². The fraction of sp³-hybridized carbons (Fsp3) is 0.235. The Morgan fingerprint density at radius 1 is 1.19 bits per heavy atom. The Hall–Kier alpha value is -2.07. The fourth-order valence-electron chi connectivity index (χ4n) is 2.33. The summed E-state index contributed by atoms with van der Waals surface area (Å²) in [5, 5.41) is 5.68. The molecule has 108 valence electrons. The number of ether oxygens (including phenoxy) is 1. The summed E-state index contributed by atoms with van der Waals surface area (Å²) in [4.78, 5) is 7.17. The topological polar surface area (TPSA) is 34.1 Å². The summed E-state index contributed by atoms with van der Waals surface area (Å²) >= 11 is 1.83. The third kappa shape index (κ3) is 2.85. The molecule has 0 spiro atoms. The van der Waals surface area contributed by atoms with Gasteiger partial charge in [-0.15, -0.1) is 11.3 Å². The summed E-state index contributed by atoms with van der Waals surface area (Å²) in [5.41, 5.74) is 1.35. The summed E-state index contributed by atoms with van der Waals surface area (Å²) in [6, 6.07) is 10.3. The second-order valence-electron chi connectivity index (χ2n) is 5.05. The number of anilines is 1. The standard InChI is InChI=1S/C17H18N2OS/c1-11-8-15(21-12(11)2)10-19-17-16-5-4-14(20-3)9-13(16)6-7-18-17/h4-9H,10H2,1-3H3,(H,18,19). The lowest BCUT2D eigenvalue weighted by Crippen LogP contribution is -2.00. The highest BCUT2D eigenvalue weighted by molar-refractivity contribution is 7.12. The van der Waals surface area contributed by atoms with E-state index in [9.17, 15) is 0 Å². The minimum absolute atomic E-state index is 0.803. The van der Waals surface area contributed by atoms with E-state index in [1.165, 1.54) is 15.3 Å². The summed E-state index contributed by atoms with van der Waals surface area (Å²) in [7, 11) is 1.68. The predicted molar refractivity (Wildman–Crippen MR) is 89.4 cm³/mol. The van der Waals surface area contributed by atoms with Crippen molar-refractivity contribution in [1.82, 2.24) is 4.98 Å². The lowest BCUT2D eigenvalue weighted by molar-refractivity contribution is 0.415. The van der Waals surface area contributed by atoms with Crippen molar-refractivity contribution >= 4 is 27.9 Å². The number of thiophene rings is 1. The first-order chi connectivity index (χ1) is 10.2. The van der Waals surface area contributed by atoms with Crippen LogP contribution >= 0.6 is 11.3 Å². The Morgan fingerprint density at radius 2 is 2.05 bits per heavy atom. The van der Waals surface area contributed by atoms with Crippen LogP contribution in [0.25, 0.3) is 10.8 Å². The van der Waals surface area contributed by atoms with E-state index in [1.807, 2.05) is 35.7 Å². The lowest BCUT2D eigenvalue weighted by atomic mass is 10.1. The maximum absolute atomic E-state index is 5.27. The van der Waals surface area contributed by atoms with Crippen molar-refractivity contribution in [3.63, 3.8) is 0 Å². The Morgan fingerprint density at radius 3 is 2.76 bits per heavy atom. The van der Waals surface area contributed by atoms with Crippen molar-refractivity contribution < 1.29 is 4.74 Å². The first-order valence-electron chi connectivity index (χ1n) is 6.90. The third-order valence-corrected chi connectivity index (χ3v) is 4.77. The van der Waals surface area contributed by atoms with Crippen molar-refractivity contribution in [2.45, 2.75) is 20.4 Å². The number of fused-ring (bicyclic) bond motifs is 1. The summed E-state index contributed by atoms with van der Waals surface area (Å²) < 4.78 is 5.27. The van der Waals surface area contributed by atoms with E-state index in [2.05, 4.69) is 36.3 Å². The smallest absolute Gasteiger partial charge is 0.134 e. The van der Waals surface area contributed by atoms with E-state index in [1.54, 1.807) is 7.11 Å². The number of nitrogens with one attached hydrogen (secondary N) is 1. The van der Waals surface area contributed by atoms with Gasteiger partial charge in [0.1, 0.15) is 11.6 Å². The maximum Gasteiger partial charge on any atom is 0.134 e. The molecule has 0 saturated heterocycles. The molecular weight excluding hydrogens is 280 g/mol. The number of hydrogen-bond donors (Lipinski definition) is 1. The second kappa shape index (κ2) is 5.74. The Kier molecular flexibility index (Phi) is 3.80. The van der Waals surface area contributed by atoms with Gasteiger partial charge in [-0.1, -0.05) is 0 Å². The van der Waals surface area contributed by atoms with E-state index < -0.39 is 0 Å². The number of methoxy groups -OCH3 is 1. The minimum Gasteiger partial charge on any atom is -0.497 e. The normalized spacial score (nSPS) is 10.8. The van der Waals surface area contributed by atoms with Crippen LogP contribution in [0.1, 0.15) is 15.3 Å². The van der Waals surface area contributed by atoms with Crippen molar-refractivity contribution in [2.24, 2.45) is 0 Å². The number of pyridine rings is 1. The van der Waals surface area contributed by atoms with Gasteiger partial charge in [0.25, 0.3) is 0 Å². The van der Waals surface area contributed by atoms with Crippen LogP contribution in [0.3, 0.4) is 0 Å². The molecule has 2 heterocycles. The number of hydrogen-bond acceptors (Lipinski definition) is 4. The number of benzene rings is 1. The average molecular weight is 298 g/mol. The molecule has 21 heavy (non-hydrogen) atoms. The Bertz CT molecular complexity index is 760. The fourth-order valence-corrected chi connectivity index (χ4v) is 3.32. The van der Waals surface area contributed by atoms with E-state index in [-0.39, 0.29) is 0 Å². The number of aryl methyl sites for hydroxylation is 2. The van der Waals surface area contributed by atoms with Gasteiger partial charge in [-0.05, 0) is 55.1 Å². The molecule has 3 rings (SSSR count). The van der Waals surface area contributed by atoms with Crippen molar-refractivity contribution in [3.05, 3.63) is 51.8 Å².